The van der Waals surface area contributed by atoms with Crippen LogP contribution >= 0.6 is 11.8 Å². The van der Waals surface area contributed by atoms with Gasteiger partial charge in [0.05, 0.1) is 6.10 Å². The van der Waals surface area contributed by atoms with Gasteiger partial charge in [0.1, 0.15) is 0 Å². The molecule has 0 radical (unpaired) electrons. The molecule has 0 aromatic carbocycles. The van der Waals surface area contributed by atoms with Crippen molar-refractivity contribution < 1.29 is 4.74 Å². The van der Waals surface area contributed by atoms with E-state index in [4.69, 9.17) is 4.74 Å². The quantitative estimate of drug-likeness (QED) is 0.738. The minimum absolute atomic E-state index is 0.436. The molecule has 0 bridgehead atoms. The van der Waals surface area contributed by atoms with Gasteiger partial charge in [0.25, 0.3) is 0 Å². The second kappa shape index (κ2) is 5.56. The van der Waals surface area contributed by atoms with Crippen molar-refractivity contribution in [2.45, 2.75) is 44.0 Å². The molecule has 1 unspecified atom stereocenters. The fraction of sp³-hybridized carbons (Fsp3) is 0.727. The number of aromatic nitrogens is 2. The van der Waals surface area contributed by atoms with Crippen molar-refractivity contribution in [3.05, 3.63) is 12.4 Å². The van der Waals surface area contributed by atoms with Gasteiger partial charge in [0.2, 0.25) is 0 Å². The lowest BCUT2D eigenvalue weighted by Crippen LogP contribution is -2.21. The molecule has 1 aromatic heterocycles. The van der Waals surface area contributed by atoms with Crippen LogP contribution in [0.5, 0.6) is 0 Å². The summed E-state index contributed by atoms with van der Waals surface area (Å²) in [5.74, 6) is 1.04. The number of thioether (sulfide) groups is 1. The molecule has 0 amide bonds. The minimum Gasteiger partial charge on any atom is -0.377 e. The van der Waals surface area contributed by atoms with Crippen LogP contribution in [0.3, 0.4) is 0 Å². The number of nitrogens with zero attached hydrogens (tertiary/aromatic N) is 2. The van der Waals surface area contributed by atoms with E-state index in [0.717, 1.165) is 24.1 Å². The molecule has 1 fully saturated rings. The highest BCUT2D eigenvalue weighted by atomic mass is 32.2. The first kappa shape index (κ1) is 11.0. The minimum atomic E-state index is 0.436. The van der Waals surface area contributed by atoms with Crippen molar-refractivity contribution in [2.24, 2.45) is 0 Å². The Hall–Kier alpha value is -0.480. The normalized spacial score (nSPS) is 21.8. The van der Waals surface area contributed by atoms with Crippen molar-refractivity contribution in [3.8, 4) is 0 Å². The summed E-state index contributed by atoms with van der Waals surface area (Å²) in [5, 5.41) is 1.12. The maximum Gasteiger partial charge on any atom is 0.168 e. The third-order valence-corrected chi connectivity index (χ3v) is 3.83. The van der Waals surface area contributed by atoms with Crippen LogP contribution in [-0.2, 0) is 11.3 Å². The van der Waals surface area contributed by atoms with E-state index in [0.29, 0.717) is 6.10 Å². The lowest BCUT2D eigenvalue weighted by molar-refractivity contribution is 0.0315. The molecule has 4 heteroatoms. The van der Waals surface area contributed by atoms with Gasteiger partial charge >= 0.3 is 0 Å². The molecule has 15 heavy (non-hydrogen) atoms. The lowest BCUT2D eigenvalue weighted by Gasteiger charge is -2.21. The van der Waals surface area contributed by atoms with Crippen LogP contribution in [0.15, 0.2) is 17.6 Å². The summed E-state index contributed by atoms with van der Waals surface area (Å²) >= 11 is 1.81. The number of ether oxygens (including phenoxy) is 1. The maximum absolute atomic E-state index is 5.69. The number of rotatable bonds is 4. The zero-order valence-electron chi connectivity index (χ0n) is 9.19. The third kappa shape index (κ3) is 2.98. The molecule has 1 aromatic rings. The predicted octanol–water partition coefficient (Wildman–Crippen LogP) is 2.56. The summed E-state index contributed by atoms with van der Waals surface area (Å²) in [4.78, 5) is 4.34. The highest BCUT2D eigenvalue weighted by Gasteiger charge is 2.15. The van der Waals surface area contributed by atoms with Crippen LogP contribution in [0.4, 0.5) is 0 Å². The van der Waals surface area contributed by atoms with Crippen LogP contribution in [0, 0.1) is 0 Å². The Balaban J connectivity index is 1.81. The molecule has 1 atom stereocenters. The molecule has 3 nitrogen and oxygen atoms in total. The van der Waals surface area contributed by atoms with Gasteiger partial charge in [-0.15, -0.1) is 0 Å². The smallest absolute Gasteiger partial charge is 0.168 e. The van der Waals surface area contributed by atoms with Crippen LogP contribution in [0.25, 0.3) is 0 Å². The molecule has 1 saturated heterocycles. The summed E-state index contributed by atoms with van der Waals surface area (Å²) in [7, 11) is 0. The highest BCUT2D eigenvalue weighted by Crippen LogP contribution is 2.22. The van der Waals surface area contributed by atoms with Crippen LogP contribution < -0.4 is 0 Å². The first-order chi connectivity index (χ1) is 7.40. The molecule has 2 rings (SSSR count). The summed E-state index contributed by atoms with van der Waals surface area (Å²) in [5.41, 5.74) is 0. The second-order valence-electron chi connectivity index (χ2n) is 3.80. The molecule has 0 saturated carbocycles. The molecular weight excluding hydrogens is 208 g/mol. The van der Waals surface area contributed by atoms with E-state index in [1.165, 1.54) is 19.3 Å². The number of aryl methyl sites for hydroxylation is 1. The first-order valence-corrected chi connectivity index (χ1v) is 6.64. The Kier molecular flexibility index (Phi) is 4.09. The first-order valence-electron chi connectivity index (χ1n) is 5.65. The van der Waals surface area contributed by atoms with Crippen molar-refractivity contribution in [3.63, 3.8) is 0 Å². The van der Waals surface area contributed by atoms with Gasteiger partial charge in [0, 0.05) is 31.3 Å². The van der Waals surface area contributed by atoms with Crippen molar-refractivity contribution in [2.75, 3.05) is 12.4 Å². The topological polar surface area (TPSA) is 27.1 Å². The maximum atomic E-state index is 5.69. The van der Waals surface area contributed by atoms with E-state index in [-0.39, 0.29) is 0 Å². The number of hydrogen-bond donors (Lipinski definition) is 0. The highest BCUT2D eigenvalue weighted by molar-refractivity contribution is 7.99. The predicted molar refractivity (Wildman–Crippen MR) is 62.2 cm³/mol. The van der Waals surface area contributed by atoms with Gasteiger partial charge in [-0.3, -0.25) is 0 Å². The van der Waals surface area contributed by atoms with Gasteiger partial charge < -0.3 is 9.30 Å². The third-order valence-electron chi connectivity index (χ3n) is 2.69. The fourth-order valence-electron chi connectivity index (χ4n) is 1.78. The molecule has 0 N–H and O–H groups in total. The van der Waals surface area contributed by atoms with Gasteiger partial charge in [-0.05, 0) is 26.2 Å². The van der Waals surface area contributed by atoms with E-state index >= 15 is 0 Å². The average Bonchev–Trinajstić information content (AvgIpc) is 2.75. The standard InChI is InChI=1S/C11H18N2OS/c1-2-13-7-6-12-11(13)15-9-10-5-3-4-8-14-10/h6-7,10H,2-5,8-9H2,1H3. The Morgan fingerprint density at radius 1 is 1.60 bits per heavy atom. The van der Waals surface area contributed by atoms with E-state index < -0.39 is 0 Å². The fourth-order valence-corrected chi connectivity index (χ4v) is 2.87. The monoisotopic (exact) mass is 226 g/mol. The van der Waals surface area contributed by atoms with E-state index in [1.807, 2.05) is 24.2 Å². The summed E-state index contributed by atoms with van der Waals surface area (Å²) < 4.78 is 7.87. The SMILES string of the molecule is CCn1ccnc1SCC1CCCCO1. The van der Waals surface area contributed by atoms with E-state index in [2.05, 4.69) is 16.5 Å². The van der Waals surface area contributed by atoms with Gasteiger partial charge in [-0.1, -0.05) is 11.8 Å². The lowest BCUT2D eigenvalue weighted by atomic mass is 10.1. The Labute approximate surface area is 95.2 Å². The number of hydrogen-bond acceptors (Lipinski definition) is 3. The molecule has 1 aliphatic rings. The van der Waals surface area contributed by atoms with Crippen LogP contribution in [0.2, 0.25) is 0 Å². The molecule has 84 valence electrons. The van der Waals surface area contributed by atoms with Crippen molar-refractivity contribution in [1.82, 2.24) is 9.55 Å². The van der Waals surface area contributed by atoms with Crippen LogP contribution in [-0.4, -0.2) is 28.0 Å². The Morgan fingerprint density at radius 2 is 2.53 bits per heavy atom. The average molecular weight is 226 g/mol. The molecular formula is C11H18N2OS. The van der Waals surface area contributed by atoms with Crippen molar-refractivity contribution >= 4 is 11.8 Å². The second-order valence-corrected chi connectivity index (χ2v) is 4.78. The van der Waals surface area contributed by atoms with Gasteiger partial charge in [-0.25, -0.2) is 4.98 Å². The Bertz CT molecular complexity index is 295. The Morgan fingerprint density at radius 3 is 3.27 bits per heavy atom. The summed E-state index contributed by atoms with van der Waals surface area (Å²) in [6, 6.07) is 0. The largest absolute Gasteiger partial charge is 0.377 e. The zero-order chi connectivity index (χ0) is 10.5. The summed E-state index contributed by atoms with van der Waals surface area (Å²) in [6.07, 6.45) is 8.08. The van der Waals surface area contributed by atoms with Gasteiger partial charge in [-0.2, -0.15) is 0 Å². The molecule has 2 heterocycles. The van der Waals surface area contributed by atoms with E-state index in [1.54, 1.807) is 0 Å². The van der Waals surface area contributed by atoms with E-state index in [9.17, 15) is 0 Å². The summed E-state index contributed by atoms with van der Waals surface area (Å²) in [6.45, 7) is 4.07. The molecule has 0 spiro atoms. The number of imidazole rings is 1. The molecule has 0 aliphatic carbocycles. The molecule has 1 aliphatic heterocycles. The van der Waals surface area contributed by atoms with Crippen molar-refractivity contribution in [1.29, 1.82) is 0 Å². The van der Waals surface area contributed by atoms with Gasteiger partial charge in [0.15, 0.2) is 5.16 Å². The zero-order valence-corrected chi connectivity index (χ0v) is 10.0. The van der Waals surface area contributed by atoms with Crippen LogP contribution in [0.1, 0.15) is 26.2 Å².